The minimum absolute atomic E-state index is 0.734. The Labute approximate surface area is 164 Å². The van der Waals surface area contributed by atoms with Crippen LogP contribution in [0, 0.1) is 4.77 Å². The molecule has 1 aliphatic rings. The number of rotatable bonds is 5. The average Bonchev–Trinajstić information content (AvgIpc) is 2.98. The van der Waals surface area contributed by atoms with E-state index in [2.05, 4.69) is 45.1 Å². The smallest absolute Gasteiger partial charge is 0.198 e. The van der Waals surface area contributed by atoms with E-state index in [1.807, 2.05) is 40.7 Å². The Morgan fingerprint density at radius 1 is 0.963 bits per heavy atom. The lowest BCUT2D eigenvalue weighted by molar-refractivity contribution is 0.193. The monoisotopic (exact) mass is 380 g/mol. The quantitative estimate of drug-likeness (QED) is 0.637. The molecule has 0 N–H and O–H groups in total. The molecule has 3 aromatic rings. The first-order valence-electron chi connectivity index (χ1n) is 9.26. The predicted octanol–water partition coefficient (Wildman–Crippen LogP) is 2.72. The summed E-state index contributed by atoms with van der Waals surface area (Å²) in [7, 11) is 2.00. The third kappa shape index (κ3) is 4.09. The van der Waals surface area contributed by atoms with Gasteiger partial charge in [-0.05, 0) is 29.9 Å². The standard InChI is InChI=1S/C20H24N6S/c1-23-19(15-17-7-3-2-4-8-17)22-26(20(23)27)16-24-11-13-25(14-12-24)18-9-5-6-10-21-18/h2-10H,11-16H2,1H3. The molecule has 6 nitrogen and oxygen atoms in total. The third-order valence-electron chi connectivity index (χ3n) is 5.02. The molecule has 1 fully saturated rings. The molecule has 27 heavy (non-hydrogen) atoms. The summed E-state index contributed by atoms with van der Waals surface area (Å²) in [6.07, 6.45) is 2.64. The second kappa shape index (κ2) is 8.02. The summed E-state index contributed by atoms with van der Waals surface area (Å²) in [5.41, 5.74) is 1.25. The molecule has 0 amide bonds. The van der Waals surface area contributed by atoms with Gasteiger partial charge < -0.3 is 9.47 Å². The molecule has 0 bridgehead atoms. The van der Waals surface area contributed by atoms with Crippen molar-refractivity contribution in [3.8, 4) is 0 Å². The fourth-order valence-electron chi connectivity index (χ4n) is 3.41. The Morgan fingerprint density at radius 2 is 1.70 bits per heavy atom. The molecule has 1 aromatic carbocycles. The van der Waals surface area contributed by atoms with E-state index in [4.69, 9.17) is 17.3 Å². The number of benzene rings is 1. The van der Waals surface area contributed by atoms with Crippen LogP contribution < -0.4 is 4.90 Å². The van der Waals surface area contributed by atoms with Gasteiger partial charge in [-0.25, -0.2) is 9.67 Å². The van der Waals surface area contributed by atoms with Gasteiger partial charge in [-0.1, -0.05) is 36.4 Å². The fourth-order valence-corrected chi connectivity index (χ4v) is 3.61. The van der Waals surface area contributed by atoms with Crippen LogP contribution in [-0.2, 0) is 20.1 Å². The predicted molar refractivity (Wildman–Crippen MR) is 109 cm³/mol. The molecular formula is C20H24N6S. The van der Waals surface area contributed by atoms with Crippen LogP contribution in [0.15, 0.2) is 54.7 Å². The highest BCUT2D eigenvalue weighted by Crippen LogP contribution is 2.14. The first kappa shape index (κ1) is 17.9. The number of pyridine rings is 1. The van der Waals surface area contributed by atoms with E-state index >= 15 is 0 Å². The minimum atomic E-state index is 0.734. The Balaban J connectivity index is 1.40. The van der Waals surface area contributed by atoms with E-state index < -0.39 is 0 Å². The summed E-state index contributed by atoms with van der Waals surface area (Å²) in [6.45, 7) is 4.62. The second-order valence-electron chi connectivity index (χ2n) is 6.85. The zero-order valence-corrected chi connectivity index (χ0v) is 16.3. The SMILES string of the molecule is Cn1c(Cc2ccccc2)nn(CN2CCN(c3ccccn3)CC2)c1=S. The molecule has 3 heterocycles. The van der Waals surface area contributed by atoms with E-state index in [0.29, 0.717) is 0 Å². The van der Waals surface area contributed by atoms with Crippen LogP contribution in [0.5, 0.6) is 0 Å². The highest BCUT2D eigenvalue weighted by molar-refractivity contribution is 7.71. The van der Waals surface area contributed by atoms with Crippen LogP contribution in [0.2, 0.25) is 0 Å². The van der Waals surface area contributed by atoms with Gasteiger partial charge in [0.1, 0.15) is 11.6 Å². The highest BCUT2D eigenvalue weighted by Gasteiger charge is 2.19. The summed E-state index contributed by atoms with van der Waals surface area (Å²) >= 11 is 5.61. The first-order valence-corrected chi connectivity index (χ1v) is 9.66. The summed E-state index contributed by atoms with van der Waals surface area (Å²) in [5, 5.41) is 4.78. The number of nitrogens with zero attached hydrogens (tertiary/aromatic N) is 6. The van der Waals surface area contributed by atoms with Crippen LogP contribution in [-0.4, -0.2) is 50.4 Å². The summed E-state index contributed by atoms with van der Waals surface area (Å²) < 4.78 is 4.74. The number of aromatic nitrogens is 4. The van der Waals surface area contributed by atoms with Crippen LogP contribution >= 0.6 is 12.2 Å². The molecule has 1 saturated heterocycles. The lowest BCUT2D eigenvalue weighted by Gasteiger charge is -2.35. The van der Waals surface area contributed by atoms with Crippen LogP contribution in [0.3, 0.4) is 0 Å². The molecule has 1 aliphatic heterocycles. The van der Waals surface area contributed by atoms with Gasteiger partial charge in [-0.3, -0.25) is 4.90 Å². The van der Waals surface area contributed by atoms with Gasteiger partial charge in [-0.2, -0.15) is 5.10 Å². The summed E-state index contributed by atoms with van der Waals surface area (Å²) in [4.78, 5) is 9.18. The lowest BCUT2D eigenvalue weighted by Crippen LogP contribution is -2.47. The molecule has 0 radical (unpaired) electrons. The van der Waals surface area contributed by atoms with Crippen molar-refractivity contribution in [1.82, 2.24) is 24.2 Å². The van der Waals surface area contributed by atoms with Gasteiger partial charge in [0.2, 0.25) is 0 Å². The maximum Gasteiger partial charge on any atom is 0.198 e. The molecule has 0 unspecified atom stereocenters. The molecular weight excluding hydrogens is 356 g/mol. The molecule has 4 rings (SSSR count). The average molecular weight is 381 g/mol. The van der Waals surface area contributed by atoms with Crippen molar-refractivity contribution in [2.75, 3.05) is 31.1 Å². The number of piperazine rings is 1. The lowest BCUT2D eigenvalue weighted by atomic mass is 10.1. The van der Waals surface area contributed by atoms with Crippen molar-refractivity contribution >= 4 is 18.0 Å². The van der Waals surface area contributed by atoms with Gasteiger partial charge in [0.25, 0.3) is 0 Å². The fraction of sp³-hybridized carbons (Fsp3) is 0.350. The van der Waals surface area contributed by atoms with E-state index in [0.717, 1.165) is 55.7 Å². The van der Waals surface area contributed by atoms with Crippen LogP contribution in [0.25, 0.3) is 0 Å². The summed E-state index contributed by atoms with van der Waals surface area (Å²) in [6, 6.07) is 16.5. The van der Waals surface area contributed by atoms with Gasteiger partial charge >= 0.3 is 0 Å². The second-order valence-corrected chi connectivity index (χ2v) is 7.22. The Kier molecular flexibility index (Phi) is 5.31. The molecule has 7 heteroatoms. The molecule has 0 aliphatic carbocycles. The third-order valence-corrected chi connectivity index (χ3v) is 5.50. The number of anilines is 1. The Hall–Kier alpha value is -2.51. The molecule has 140 valence electrons. The number of hydrogen-bond donors (Lipinski definition) is 0. The zero-order chi connectivity index (χ0) is 18.6. The van der Waals surface area contributed by atoms with Gasteiger partial charge in [0.15, 0.2) is 4.77 Å². The van der Waals surface area contributed by atoms with Gasteiger partial charge in [0.05, 0.1) is 6.67 Å². The van der Waals surface area contributed by atoms with Crippen molar-refractivity contribution in [1.29, 1.82) is 0 Å². The summed E-state index contributed by atoms with van der Waals surface area (Å²) in [5.74, 6) is 2.05. The zero-order valence-electron chi connectivity index (χ0n) is 15.5. The first-order chi connectivity index (χ1) is 13.2. The largest absolute Gasteiger partial charge is 0.354 e. The normalized spacial score (nSPS) is 15.2. The van der Waals surface area contributed by atoms with E-state index in [1.165, 1.54) is 5.56 Å². The molecule has 2 aromatic heterocycles. The van der Waals surface area contributed by atoms with E-state index in [1.54, 1.807) is 0 Å². The van der Waals surface area contributed by atoms with Crippen LogP contribution in [0.1, 0.15) is 11.4 Å². The van der Waals surface area contributed by atoms with Crippen molar-refractivity contribution in [3.05, 3.63) is 70.9 Å². The van der Waals surface area contributed by atoms with Crippen molar-refractivity contribution < 1.29 is 0 Å². The van der Waals surface area contributed by atoms with Crippen molar-refractivity contribution in [3.63, 3.8) is 0 Å². The van der Waals surface area contributed by atoms with E-state index in [9.17, 15) is 0 Å². The Morgan fingerprint density at radius 3 is 2.41 bits per heavy atom. The van der Waals surface area contributed by atoms with Crippen LogP contribution in [0.4, 0.5) is 5.82 Å². The van der Waals surface area contributed by atoms with Crippen molar-refractivity contribution in [2.24, 2.45) is 7.05 Å². The molecule has 0 spiro atoms. The minimum Gasteiger partial charge on any atom is -0.354 e. The number of hydrogen-bond acceptors (Lipinski definition) is 5. The van der Waals surface area contributed by atoms with E-state index in [-0.39, 0.29) is 0 Å². The topological polar surface area (TPSA) is 42.1 Å². The molecule has 0 saturated carbocycles. The maximum atomic E-state index is 5.61. The van der Waals surface area contributed by atoms with Crippen molar-refractivity contribution in [2.45, 2.75) is 13.1 Å². The van der Waals surface area contributed by atoms with Gasteiger partial charge in [0, 0.05) is 45.8 Å². The Bertz CT molecular complexity index is 926. The maximum absolute atomic E-state index is 5.61. The van der Waals surface area contributed by atoms with Gasteiger partial charge in [-0.15, -0.1) is 0 Å². The highest BCUT2D eigenvalue weighted by atomic mass is 32.1. The molecule has 0 atom stereocenters.